The first-order valence-electron chi connectivity index (χ1n) is 8.65. The molecule has 0 bridgehead atoms. The number of rotatable bonds is 5. The van der Waals surface area contributed by atoms with E-state index in [2.05, 4.69) is 6.92 Å². The third-order valence-corrected chi connectivity index (χ3v) is 4.63. The second kappa shape index (κ2) is 7.30. The number of aryl methyl sites for hydroxylation is 1. The molecule has 0 N–H and O–H groups in total. The Balaban J connectivity index is 2.05. The van der Waals surface area contributed by atoms with Crippen LogP contribution in [0.4, 0.5) is 13.2 Å². The normalized spacial score (nSPS) is 20.2. The van der Waals surface area contributed by atoms with Crippen LogP contribution < -0.4 is 0 Å². The summed E-state index contributed by atoms with van der Waals surface area (Å²) in [5.74, 6) is -0.959. The molecule has 0 spiro atoms. The van der Waals surface area contributed by atoms with Crippen LogP contribution in [-0.4, -0.2) is 0 Å². The Morgan fingerprint density at radius 3 is 2.60 bits per heavy atom. The summed E-state index contributed by atoms with van der Waals surface area (Å²) in [6, 6.07) is 13.1. The summed E-state index contributed by atoms with van der Waals surface area (Å²) < 4.78 is 43.5. The van der Waals surface area contributed by atoms with E-state index in [0.29, 0.717) is 5.56 Å². The Bertz CT molecular complexity index is 820. The van der Waals surface area contributed by atoms with Crippen LogP contribution in [0.3, 0.4) is 0 Å². The number of unbranched alkanes of at least 4 members (excludes halogenated alkanes) is 1. The summed E-state index contributed by atoms with van der Waals surface area (Å²) in [7, 11) is 0. The molecule has 0 amide bonds. The molecule has 0 fully saturated rings. The topological polar surface area (TPSA) is 0 Å². The van der Waals surface area contributed by atoms with Crippen LogP contribution in [0.25, 0.3) is 5.57 Å². The molecule has 0 nitrogen and oxygen atoms in total. The highest BCUT2D eigenvalue weighted by atomic mass is 19.1. The highest BCUT2D eigenvalue weighted by molar-refractivity contribution is 5.77. The lowest BCUT2D eigenvalue weighted by molar-refractivity contribution is 0.246. The zero-order valence-electron chi connectivity index (χ0n) is 14.2. The van der Waals surface area contributed by atoms with Crippen LogP contribution in [0.15, 0.2) is 66.5 Å². The molecule has 25 heavy (non-hydrogen) atoms. The van der Waals surface area contributed by atoms with Crippen LogP contribution in [-0.2, 0) is 12.1 Å². The van der Waals surface area contributed by atoms with Gasteiger partial charge in [-0.2, -0.15) is 0 Å². The van der Waals surface area contributed by atoms with Crippen molar-refractivity contribution in [3.8, 4) is 0 Å². The maximum absolute atomic E-state index is 15.9. The molecular formula is C22H21F3. The number of alkyl halides is 1. The van der Waals surface area contributed by atoms with Crippen LogP contribution in [0.5, 0.6) is 0 Å². The minimum Gasteiger partial charge on any atom is -0.233 e. The molecule has 3 heteroatoms. The lowest BCUT2D eigenvalue weighted by Crippen LogP contribution is -2.24. The minimum atomic E-state index is -1.94. The molecule has 1 unspecified atom stereocenters. The van der Waals surface area contributed by atoms with Gasteiger partial charge in [0.25, 0.3) is 0 Å². The Morgan fingerprint density at radius 1 is 1.04 bits per heavy atom. The van der Waals surface area contributed by atoms with Gasteiger partial charge in [0, 0.05) is 12.0 Å². The Hall–Kier alpha value is -2.29. The van der Waals surface area contributed by atoms with Gasteiger partial charge in [0.05, 0.1) is 0 Å². The molecule has 0 aromatic heterocycles. The van der Waals surface area contributed by atoms with Crippen molar-refractivity contribution in [2.45, 2.75) is 38.3 Å². The van der Waals surface area contributed by atoms with Gasteiger partial charge >= 0.3 is 0 Å². The van der Waals surface area contributed by atoms with Crippen molar-refractivity contribution in [2.24, 2.45) is 0 Å². The standard InChI is InChI=1S/C22H21F3/c1-2-3-6-16-7-4-8-17(13-16)21-15-20(24)11-12-22(21,25)18-9-5-10-19(23)14-18/h4-5,7-11,13-15H,2-3,6,12H2,1H3. The summed E-state index contributed by atoms with van der Waals surface area (Å²) in [6.07, 6.45) is 5.31. The van der Waals surface area contributed by atoms with Crippen molar-refractivity contribution in [2.75, 3.05) is 0 Å². The van der Waals surface area contributed by atoms with Crippen LogP contribution >= 0.6 is 0 Å². The molecule has 2 aromatic carbocycles. The van der Waals surface area contributed by atoms with Crippen molar-refractivity contribution in [3.63, 3.8) is 0 Å². The van der Waals surface area contributed by atoms with E-state index in [9.17, 15) is 8.78 Å². The van der Waals surface area contributed by atoms with E-state index in [4.69, 9.17) is 0 Å². The second-order valence-corrected chi connectivity index (χ2v) is 6.47. The van der Waals surface area contributed by atoms with E-state index in [1.165, 1.54) is 30.4 Å². The molecule has 1 atom stereocenters. The van der Waals surface area contributed by atoms with Gasteiger partial charge in [-0.25, -0.2) is 13.2 Å². The van der Waals surface area contributed by atoms with Gasteiger partial charge in [-0.1, -0.05) is 49.7 Å². The molecule has 130 valence electrons. The quantitative estimate of drug-likeness (QED) is 0.569. The maximum Gasteiger partial charge on any atom is 0.165 e. The van der Waals surface area contributed by atoms with E-state index >= 15 is 4.39 Å². The average molecular weight is 342 g/mol. The zero-order valence-corrected chi connectivity index (χ0v) is 14.2. The highest BCUT2D eigenvalue weighted by Gasteiger charge is 2.39. The largest absolute Gasteiger partial charge is 0.233 e. The molecular weight excluding hydrogens is 321 g/mol. The van der Waals surface area contributed by atoms with Gasteiger partial charge in [0.15, 0.2) is 5.67 Å². The molecule has 0 saturated heterocycles. The number of hydrogen-bond donors (Lipinski definition) is 0. The van der Waals surface area contributed by atoms with Gasteiger partial charge in [-0.05, 0) is 53.8 Å². The lowest BCUT2D eigenvalue weighted by Gasteiger charge is -2.31. The Kier molecular flexibility index (Phi) is 5.12. The summed E-state index contributed by atoms with van der Waals surface area (Å²) in [4.78, 5) is 0. The van der Waals surface area contributed by atoms with Crippen molar-refractivity contribution < 1.29 is 13.2 Å². The fourth-order valence-electron chi connectivity index (χ4n) is 3.26. The van der Waals surface area contributed by atoms with E-state index in [0.717, 1.165) is 24.8 Å². The third kappa shape index (κ3) is 3.71. The Labute approximate surface area is 146 Å². The molecule has 0 radical (unpaired) electrons. The van der Waals surface area contributed by atoms with E-state index < -0.39 is 17.3 Å². The van der Waals surface area contributed by atoms with Crippen LogP contribution in [0.2, 0.25) is 0 Å². The average Bonchev–Trinajstić information content (AvgIpc) is 2.62. The van der Waals surface area contributed by atoms with Gasteiger partial charge in [0.2, 0.25) is 0 Å². The first-order valence-corrected chi connectivity index (χ1v) is 8.65. The van der Waals surface area contributed by atoms with Gasteiger partial charge < -0.3 is 0 Å². The van der Waals surface area contributed by atoms with Gasteiger partial charge in [-0.15, -0.1) is 0 Å². The summed E-state index contributed by atoms with van der Waals surface area (Å²) in [5, 5.41) is 0. The van der Waals surface area contributed by atoms with Crippen molar-refractivity contribution >= 4 is 5.57 Å². The molecule has 1 aliphatic carbocycles. The fourth-order valence-corrected chi connectivity index (χ4v) is 3.26. The SMILES string of the molecule is CCCCc1cccc(C2=CC(F)=CCC2(F)c2cccc(F)c2)c1. The highest BCUT2D eigenvalue weighted by Crippen LogP contribution is 2.46. The number of hydrogen-bond acceptors (Lipinski definition) is 0. The molecule has 0 heterocycles. The fraction of sp³-hybridized carbons (Fsp3) is 0.273. The monoisotopic (exact) mass is 342 g/mol. The Morgan fingerprint density at radius 2 is 1.84 bits per heavy atom. The summed E-state index contributed by atoms with van der Waals surface area (Å²) >= 11 is 0. The summed E-state index contributed by atoms with van der Waals surface area (Å²) in [5.41, 5.74) is 0.250. The zero-order chi connectivity index (χ0) is 17.9. The molecule has 3 rings (SSSR count). The number of benzene rings is 2. The van der Waals surface area contributed by atoms with Crippen molar-refractivity contribution in [1.82, 2.24) is 0 Å². The van der Waals surface area contributed by atoms with Crippen molar-refractivity contribution in [3.05, 3.63) is 89.0 Å². The van der Waals surface area contributed by atoms with Crippen molar-refractivity contribution in [1.29, 1.82) is 0 Å². The third-order valence-electron chi connectivity index (χ3n) is 4.63. The predicted octanol–water partition coefficient (Wildman–Crippen LogP) is 6.67. The lowest BCUT2D eigenvalue weighted by atomic mass is 9.78. The number of allylic oxidation sites excluding steroid dienone is 4. The van der Waals surface area contributed by atoms with E-state index in [-0.39, 0.29) is 17.6 Å². The number of halogens is 3. The van der Waals surface area contributed by atoms with Gasteiger partial charge in [0.1, 0.15) is 11.6 Å². The minimum absolute atomic E-state index is 0.146. The molecule has 0 aliphatic heterocycles. The predicted molar refractivity (Wildman–Crippen MR) is 96.0 cm³/mol. The summed E-state index contributed by atoms with van der Waals surface area (Å²) in [6.45, 7) is 2.12. The smallest absolute Gasteiger partial charge is 0.165 e. The maximum atomic E-state index is 15.9. The van der Waals surface area contributed by atoms with E-state index in [1.54, 1.807) is 12.1 Å². The van der Waals surface area contributed by atoms with E-state index in [1.807, 2.05) is 18.2 Å². The second-order valence-electron chi connectivity index (χ2n) is 6.47. The molecule has 0 saturated carbocycles. The van der Waals surface area contributed by atoms with Crippen LogP contribution in [0, 0.1) is 5.82 Å². The molecule has 2 aromatic rings. The van der Waals surface area contributed by atoms with Crippen LogP contribution in [0.1, 0.15) is 42.9 Å². The first-order chi connectivity index (χ1) is 12.0. The van der Waals surface area contributed by atoms with Gasteiger partial charge in [-0.3, -0.25) is 0 Å². The first kappa shape index (κ1) is 17.5. The molecule has 1 aliphatic rings.